The molecule has 0 amide bonds. The molecular formula is C16H12N6O. The van der Waals surface area contributed by atoms with Crippen LogP contribution in [0.15, 0.2) is 42.9 Å². The number of pyridine rings is 2. The monoisotopic (exact) mass is 304 g/mol. The third-order valence-electron chi connectivity index (χ3n) is 3.53. The molecule has 23 heavy (non-hydrogen) atoms. The minimum Gasteiger partial charge on any atom is -0.334 e. The lowest BCUT2D eigenvalue weighted by atomic mass is 10.1. The van der Waals surface area contributed by atoms with Crippen LogP contribution in [0.1, 0.15) is 16.3 Å². The van der Waals surface area contributed by atoms with Crippen molar-refractivity contribution >= 4 is 11.9 Å². The second-order valence-corrected chi connectivity index (χ2v) is 5.11. The summed E-state index contributed by atoms with van der Waals surface area (Å²) >= 11 is 0. The lowest BCUT2D eigenvalue weighted by Gasteiger charge is -2.04. The fourth-order valence-electron chi connectivity index (χ4n) is 2.49. The summed E-state index contributed by atoms with van der Waals surface area (Å²) in [5.74, 6) is 0.264. The number of carbonyl (C=O) groups excluding carboxylic acids is 1. The number of carbonyl (C=O) groups is 1. The molecule has 4 rings (SSSR count). The third kappa shape index (κ3) is 2.28. The molecule has 7 nitrogen and oxygen atoms in total. The van der Waals surface area contributed by atoms with E-state index < -0.39 is 0 Å². The first kappa shape index (κ1) is 13.3. The third-order valence-corrected chi connectivity index (χ3v) is 3.53. The zero-order valence-corrected chi connectivity index (χ0v) is 12.3. The van der Waals surface area contributed by atoms with Crippen LogP contribution in [0.3, 0.4) is 0 Å². The van der Waals surface area contributed by atoms with Gasteiger partial charge in [0.05, 0.1) is 17.1 Å². The molecule has 0 unspecified atom stereocenters. The Balaban J connectivity index is 1.93. The molecule has 4 aromatic rings. The van der Waals surface area contributed by atoms with Crippen molar-refractivity contribution in [3.63, 3.8) is 0 Å². The summed E-state index contributed by atoms with van der Waals surface area (Å²) in [5.41, 5.74) is 4.55. The highest BCUT2D eigenvalue weighted by atomic mass is 16.1. The molecule has 0 saturated heterocycles. The predicted molar refractivity (Wildman–Crippen MR) is 83.9 cm³/mol. The number of rotatable bonds is 3. The number of hydrogen-bond donors (Lipinski definition) is 1. The molecule has 0 spiro atoms. The van der Waals surface area contributed by atoms with Crippen LogP contribution in [-0.4, -0.2) is 35.8 Å². The molecule has 1 N–H and O–H groups in total. The second-order valence-electron chi connectivity index (χ2n) is 5.11. The number of aromatic amines is 1. The van der Waals surface area contributed by atoms with Gasteiger partial charge in [-0.3, -0.25) is 9.78 Å². The lowest BCUT2D eigenvalue weighted by Crippen LogP contribution is -1.91. The van der Waals surface area contributed by atoms with Gasteiger partial charge in [0.15, 0.2) is 17.8 Å². The summed E-state index contributed by atoms with van der Waals surface area (Å²) in [4.78, 5) is 27.2. The molecule has 4 aromatic heterocycles. The Morgan fingerprint density at radius 3 is 2.96 bits per heavy atom. The standard InChI is InChI=1S/C16H12N6O/c1-10-3-2-4-12(19-10)16-15(20-13(8-23)21-16)11-5-6-22-14(7-11)17-9-18-22/h2-9H,1H3,(H,20,21). The van der Waals surface area contributed by atoms with Crippen LogP contribution in [0, 0.1) is 6.92 Å². The minimum absolute atomic E-state index is 0.264. The fourth-order valence-corrected chi connectivity index (χ4v) is 2.49. The molecule has 7 heteroatoms. The van der Waals surface area contributed by atoms with Crippen LogP contribution < -0.4 is 0 Å². The Morgan fingerprint density at radius 1 is 1.22 bits per heavy atom. The van der Waals surface area contributed by atoms with Gasteiger partial charge in [-0.2, -0.15) is 5.10 Å². The molecule has 0 atom stereocenters. The zero-order valence-electron chi connectivity index (χ0n) is 12.3. The first-order valence-corrected chi connectivity index (χ1v) is 7.03. The van der Waals surface area contributed by atoms with E-state index in [9.17, 15) is 4.79 Å². The number of aryl methyl sites for hydroxylation is 1. The molecule has 0 radical (unpaired) electrons. The molecule has 0 aliphatic heterocycles. The van der Waals surface area contributed by atoms with Crippen molar-refractivity contribution in [1.82, 2.24) is 29.5 Å². The van der Waals surface area contributed by atoms with Crippen LogP contribution >= 0.6 is 0 Å². The first-order valence-electron chi connectivity index (χ1n) is 7.03. The number of nitrogens with one attached hydrogen (secondary N) is 1. The summed E-state index contributed by atoms with van der Waals surface area (Å²) in [7, 11) is 0. The van der Waals surface area contributed by atoms with Gasteiger partial charge in [0, 0.05) is 17.5 Å². The van der Waals surface area contributed by atoms with Gasteiger partial charge in [-0.25, -0.2) is 14.5 Å². The van der Waals surface area contributed by atoms with E-state index >= 15 is 0 Å². The number of aromatic nitrogens is 6. The highest BCUT2D eigenvalue weighted by molar-refractivity contribution is 5.82. The van der Waals surface area contributed by atoms with Crippen molar-refractivity contribution < 1.29 is 4.79 Å². The maximum absolute atomic E-state index is 11.1. The molecule has 0 fully saturated rings. The highest BCUT2D eigenvalue weighted by Gasteiger charge is 2.15. The number of nitrogens with zero attached hydrogens (tertiary/aromatic N) is 5. The SMILES string of the molecule is Cc1cccc(-c2[nH]c(C=O)nc2-c2ccn3ncnc3c2)n1. The van der Waals surface area contributed by atoms with E-state index in [1.807, 2.05) is 37.3 Å². The van der Waals surface area contributed by atoms with Crippen LogP contribution in [0.4, 0.5) is 0 Å². The Morgan fingerprint density at radius 2 is 2.13 bits per heavy atom. The molecule has 0 aliphatic carbocycles. The molecule has 0 aliphatic rings. The number of imidazole rings is 1. The summed E-state index contributed by atoms with van der Waals surface area (Å²) in [6.45, 7) is 1.92. The normalized spacial score (nSPS) is 11.0. The van der Waals surface area contributed by atoms with Gasteiger partial charge in [-0.15, -0.1) is 0 Å². The zero-order chi connectivity index (χ0) is 15.8. The van der Waals surface area contributed by atoms with Gasteiger partial charge in [0.2, 0.25) is 0 Å². The quantitative estimate of drug-likeness (QED) is 0.587. The highest BCUT2D eigenvalue weighted by Crippen LogP contribution is 2.29. The average Bonchev–Trinajstić information content (AvgIpc) is 3.20. The number of fused-ring (bicyclic) bond motifs is 1. The van der Waals surface area contributed by atoms with E-state index in [2.05, 4.69) is 25.0 Å². The molecule has 0 bridgehead atoms. The van der Waals surface area contributed by atoms with E-state index in [0.29, 0.717) is 23.3 Å². The van der Waals surface area contributed by atoms with Gasteiger partial charge >= 0.3 is 0 Å². The van der Waals surface area contributed by atoms with E-state index in [-0.39, 0.29) is 5.82 Å². The van der Waals surface area contributed by atoms with Crippen molar-refractivity contribution in [1.29, 1.82) is 0 Å². The second kappa shape index (κ2) is 5.13. The molecule has 112 valence electrons. The van der Waals surface area contributed by atoms with Crippen LogP contribution in [0.25, 0.3) is 28.3 Å². The summed E-state index contributed by atoms with van der Waals surface area (Å²) in [5, 5.41) is 4.08. The van der Waals surface area contributed by atoms with Crippen LogP contribution in [-0.2, 0) is 0 Å². The molecule has 0 aromatic carbocycles. The fraction of sp³-hybridized carbons (Fsp3) is 0.0625. The average molecular weight is 304 g/mol. The van der Waals surface area contributed by atoms with E-state index in [1.54, 1.807) is 10.7 Å². The van der Waals surface area contributed by atoms with Gasteiger partial charge in [0.25, 0.3) is 0 Å². The Kier molecular flexibility index (Phi) is 2.97. The smallest absolute Gasteiger partial charge is 0.185 e. The number of H-pyrrole nitrogens is 1. The number of aldehydes is 1. The van der Waals surface area contributed by atoms with Crippen molar-refractivity contribution in [3.05, 3.63) is 54.4 Å². The van der Waals surface area contributed by atoms with Gasteiger partial charge < -0.3 is 4.98 Å². The molecule has 4 heterocycles. The number of hydrogen-bond acceptors (Lipinski definition) is 5. The lowest BCUT2D eigenvalue weighted by molar-refractivity contribution is 0.111. The van der Waals surface area contributed by atoms with Crippen molar-refractivity contribution in [2.75, 3.05) is 0 Å². The topological polar surface area (TPSA) is 88.8 Å². The maximum Gasteiger partial charge on any atom is 0.185 e. The summed E-state index contributed by atoms with van der Waals surface area (Å²) < 4.78 is 1.67. The Bertz CT molecular complexity index is 1020. The minimum atomic E-state index is 0.264. The molecule has 0 saturated carbocycles. The Hall–Kier alpha value is -3.35. The van der Waals surface area contributed by atoms with E-state index in [4.69, 9.17) is 0 Å². The van der Waals surface area contributed by atoms with Crippen molar-refractivity contribution in [2.45, 2.75) is 6.92 Å². The van der Waals surface area contributed by atoms with Gasteiger partial charge in [-0.1, -0.05) is 6.07 Å². The largest absolute Gasteiger partial charge is 0.334 e. The summed E-state index contributed by atoms with van der Waals surface area (Å²) in [6.07, 6.45) is 3.99. The first-order chi connectivity index (χ1) is 11.2. The van der Waals surface area contributed by atoms with Crippen LogP contribution in [0.5, 0.6) is 0 Å². The van der Waals surface area contributed by atoms with Gasteiger partial charge in [-0.05, 0) is 31.2 Å². The summed E-state index contributed by atoms with van der Waals surface area (Å²) in [6, 6.07) is 9.48. The van der Waals surface area contributed by atoms with Crippen LogP contribution in [0.2, 0.25) is 0 Å². The van der Waals surface area contributed by atoms with Crippen molar-refractivity contribution in [3.8, 4) is 22.6 Å². The van der Waals surface area contributed by atoms with Gasteiger partial charge in [0.1, 0.15) is 6.33 Å². The molecular weight excluding hydrogens is 292 g/mol. The van der Waals surface area contributed by atoms with Crippen molar-refractivity contribution in [2.24, 2.45) is 0 Å². The Labute approximate surface area is 131 Å². The maximum atomic E-state index is 11.1. The predicted octanol–water partition coefficient (Wildman–Crippen LogP) is 2.30. The van der Waals surface area contributed by atoms with E-state index in [1.165, 1.54) is 6.33 Å². The van der Waals surface area contributed by atoms with E-state index in [0.717, 1.165) is 17.0 Å².